The second-order valence-electron chi connectivity index (χ2n) is 5.45. The fraction of sp³-hybridized carbons (Fsp3) is 0.167. The molecule has 0 fully saturated rings. The van der Waals surface area contributed by atoms with Gasteiger partial charge in [0.05, 0.1) is 0 Å². The topological polar surface area (TPSA) is 87.3 Å². The van der Waals surface area contributed by atoms with Gasteiger partial charge in [0.25, 0.3) is 5.91 Å². The molecule has 25 heavy (non-hydrogen) atoms. The molecule has 0 heterocycles. The van der Waals surface area contributed by atoms with Gasteiger partial charge in [-0.15, -0.1) is 0 Å². The molecule has 2 aromatic rings. The number of amides is 3. The smallest absolute Gasteiger partial charge is 0.251 e. The van der Waals surface area contributed by atoms with Gasteiger partial charge in [0.1, 0.15) is 6.04 Å². The maximum absolute atomic E-state index is 12.2. The van der Waals surface area contributed by atoms with Crippen molar-refractivity contribution < 1.29 is 14.4 Å². The molecule has 0 saturated heterocycles. The van der Waals surface area contributed by atoms with Crippen LogP contribution in [0.5, 0.6) is 0 Å². The van der Waals surface area contributed by atoms with Gasteiger partial charge in [-0.1, -0.05) is 11.6 Å². The van der Waals surface area contributed by atoms with Gasteiger partial charge < -0.3 is 16.0 Å². The third kappa shape index (κ3) is 5.61. The molecule has 0 aliphatic rings. The molecule has 0 aliphatic carbocycles. The Bertz CT molecular complexity index is 773. The highest BCUT2D eigenvalue weighted by Crippen LogP contribution is 2.14. The predicted molar refractivity (Wildman–Crippen MR) is 97.8 cm³/mol. The van der Waals surface area contributed by atoms with Crippen molar-refractivity contribution in [2.45, 2.75) is 19.9 Å². The normalized spacial score (nSPS) is 11.3. The zero-order valence-electron chi connectivity index (χ0n) is 13.8. The molecule has 0 saturated carbocycles. The molecule has 0 spiro atoms. The van der Waals surface area contributed by atoms with Crippen LogP contribution in [0.1, 0.15) is 24.2 Å². The molecule has 1 atom stereocenters. The van der Waals surface area contributed by atoms with Crippen molar-refractivity contribution in [2.75, 3.05) is 10.6 Å². The fourth-order valence-electron chi connectivity index (χ4n) is 2.04. The molecular formula is C18H18ClN3O3. The lowest BCUT2D eigenvalue weighted by Gasteiger charge is -2.14. The van der Waals surface area contributed by atoms with Gasteiger partial charge in [0, 0.05) is 28.9 Å². The molecule has 130 valence electrons. The Morgan fingerprint density at radius 3 is 1.92 bits per heavy atom. The molecule has 0 aromatic heterocycles. The number of anilines is 2. The van der Waals surface area contributed by atoms with E-state index in [0.29, 0.717) is 22.0 Å². The Kier molecular flexibility index (Phi) is 6.14. The van der Waals surface area contributed by atoms with Gasteiger partial charge in [0.15, 0.2) is 0 Å². The van der Waals surface area contributed by atoms with Gasteiger partial charge in [0.2, 0.25) is 11.8 Å². The Hall–Kier alpha value is -2.86. The number of hydrogen-bond acceptors (Lipinski definition) is 3. The van der Waals surface area contributed by atoms with Gasteiger partial charge in [-0.05, 0) is 55.5 Å². The van der Waals surface area contributed by atoms with Crippen molar-refractivity contribution in [1.82, 2.24) is 5.32 Å². The monoisotopic (exact) mass is 359 g/mol. The molecule has 2 aromatic carbocycles. The molecule has 0 bridgehead atoms. The lowest BCUT2D eigenvalue weighted by molar-refractivity contribution is -0.117. The number of halogens is 1. The number of carbonyl (C=O) groups excluding carboxylic acids is 3. The van der Waals surface area contributed by atoms with Crippen LogP contribution in [0.25, 0.3) is 0 Å². The van der Waals surface area contributed by atoms with E-state index in [1.165, 1.54) is 6.92 Å². The molecule has 6 nitrogen and oxygen atoms in total. The van der Waals surface area contributed by atoms with E-state index < -0.39 is 6.04 Å². The summed E-state index contributed by atoms with van der Waals surface area (Å²) >= 11 is 5.78. The average molecular weight is 360 g/mol. The van der Waals surface area contributed by atoms with Crippen molar-refractivity contribution in [2.24, 2.45) is 0 Å². The van der Waals surface area contributed by atoms with Gasteiger partial charge in [-0.2, -0.15) is 0 Å². The van der Waals surface area contributed by atoms with E-state index in [1.54, 1.807) is 55.5 Å². The second kappa shape index (κ2) is 8.30. The lowest BCUT2D eigenvalue weighted by atomic mass is 10.2. The van der Waals surface area contributed by atoms with Crippen molar-refractivity contribution in [3.8, 4) is 0 Å². The molecule has 2 rings (SSSR count). The number of rotatable bonds is 5. The van der Waals surface area contributed by atoms with E-state index >= 15 is 0 Å². The minimum atomic E-state index is -0.724. The van der Waals surface area contributed by atoms with Crippen LogP contribution in [-0.2, 0) is 9.59 Å². The van der Waals surface area contributed by atoms with Crippen LogP contribution in [0.15, 0.2) is 48.5 Å². The molecular weight excluding hydrogens is 342 g/mol. The van der Waals surface area contributed by atoms with E-state index in [9.17, 15) is 14.4 Å². The molecule has 0 aliphatic heterocycles. The zero-order chi connectivity index (χ0) is 18.4. The van der Waals surface area contributed by atoms with Crippen LogP contribution < -0.4 is 16.0 Å². The van der Waals surface area contributed by atoms with Gasteiger partial charge in [-0.3, -0.25) is 14.4 Å². The van der Waals surface area contributed by atoms with Crippen LogP contribution in [0.2, 0.25) is 5.02 Å². The second-order valence-corrected chi connectivity index (χ2v) is 5.89. The summed E-state index contributed by atoms with van der Waals surface area (Å²) in [7, 11) is 0. The standard InChI is InChI=1S/C18H18ClN3O3/c1-11(20-18(25)13-3-5-14(19)6-4-13)17(24)22-16-9-7-15(8-10-16)21-12(2)23/h3-11H,1-2H3,(H,20,25)(H,21,23)(H,22,24). The third-order valence-electron chi connectivity index (χ3n) is 3.32. The summed E-state index contributed by atoms with van der Waals surface area (Å²) in [6.07, 6.45) is 0. The number of hydrogen-bond donors (Lipinski definition) is 3. The van der Waals surface area contributed by atoms with Crippen LogP contribution in [0.4, 0.5) is 11.4 Å². The molecule has 3 amide bonds. The first-order chi connectivity index (χ1) is 11.8. The summed E-state index contributed by atoms with van der Waals surface area (Å²) in [4.78, 5) is 35.3. The van der Waals surface area contributed by atoms with Crippen LogP contribution in [-0.4, -0.2) is 23.8 Å². The van der Waals surface area contributed by atoms with E-state index in [0.717, 1.165) is 0 Å². The minimum Gasteiger partial charge on any atom is -0.341 e. The number of benzene rings is 2. The largest absolute Gasteiger partial charge is 0.341 e. The summed E-state index contributed by atoms with van der Waals surface area (Å²) in [6.45, 7) is 3.01. The quantitative estimate of drug-likeness (QED) is 0.766. The third-order valence-corrected chi connectivity index (χ3v) is 3.57. The SMILES string of the molecule is CC(=O)Nc1ccc(NC(=O)C(C)NC(=O)c2ccc(Cl)cc2)cc1. The van der Waals surface area contributed by atoms with E-state index in [-0.39, 0.29) is 17.7 Å². The lowest BCUT2D eigenvalue weighted by Crippen LogP contribution is -2.41. The Labute approximate surface area is 150 Å². The Morgan fingerprint density at radius 2 is 1.40 bits per heavy atom. The minimum absolute atomic E-state index is 0.171. The highest BCUT2D eigenvalue weighted by Gasteiger charge is 2.16. The molecule has 0 radical (unpaired) electrons. The first kappa shape index (κ1) is 18.5. The van der Waals surface area contributed by atoms with Crippen molar-refractivity contribution in [3.05, 3.63) is 59.1 Å². The van der Waals surface area contributed by atoms with Crippen LogP contribution in [0.3, 0.4) is 0 Å². The summed E-state index contributed by atoms with van der Waals surface area (Å²) < 4.78 is 0. The number of carbonyl (C=O) groups is 3. The fourth-order valence-corrected chi connectivity index (χ4v) is 2.16. The zero-order valence-corrected chi connectivity index (χ0v) is 14.6. The maximum atomic E-state index is 12.2. The van der Waals surface area contributed by atoms with E-state index in [1.807, 2.05) is 0 Å². The summed E-state index contributed by atoms with van der Waals surface area (Å²) in [5.41, 5.74) is 1.62. The van der Waals surface area contributed by atoms with Gasteiger partial charge >= 0.3 is 0 Å². The first-order valence-corrected chi connectivity index (χ1v) is 7.98. The number of nitrogens with one attached hydrogen (secondary N) is 3. The van der Waals surface area contributed by atoms with Crippen molar-refractivity contribution in [3.63, 3.8) is 0 Å². The highest BCUT2D eigenvalue weighted by atomic mass is 35.5. The highest BCUT2D eigenvalue weighted by molar-refractivity contribution is 6.30. The maximum Gasteiger partial charge on any atom is 0.251 e. The van der Waals surface area contributed by atoms with E-state index in [2.05, 4.69) is 16.0 Å². The van der Waals surface area contributed by atoms with Crippen LogP contribution >= 0.6 is 11.6 Å². The van der Waals surface area contributed by atoms with Crippen molar-refractivity contribution >= 4 is 40.7 Å². The van der Waals surface area contributed by atoms with Crippen LogP contribution in [0, 0.1) is 0 Å². The molecule has 7 heteroatoms. The molecule has 3 N–H and O–H groups in total. The average Bonchev–Trinajstić information content (AvgIpc) is 2.56. The predicted octanol–water partition coefficient (Wildman–Crippen LogP) is 3.06. The molecule has 1 unspecified atom stereocenters. The Balaban J connectivity index is 1.92. The van der Waals surface area contributed by atoms with Gasteiger partial charge in [-0.25, -0.2) is 0 Å². The first-order valence-electron chi connectivity index (χ1n) is 7.60. The Morgan fingerprint density at radius 1 is 0.880 bits per heavy atom. The van der Waals surface area contributed by atoms with Crippen molar-refractivity contribution in [1.29, 1.82) is 0 Å². The summed E-state index contributed by atoms with van der Waals surface area (Å²) in [6, 6.07) is 12.3. The van der Waals surface area contributed by atoms with E-state index in [4.69, 9.17) is 11.6 Å². The summed E-state index contributed by atoms with van der Waals surface area (Å²) in [5, 5.41) is 8.49. The summed E-state index contributed by atoms with van der Waals surface area (Å²) in [5.74, 6) is -0.884.